The number of rotatable bonds is 7. The van der Waals surface area contributed by atoms with E-state index in [9.17, 15) is 13.2 Å². The molecule has 1 aromatic carbocycles. The zero-order valence-corrected chi connectivity index (χ0v) is 16.8. The third-order valence-corrected chi connectivity index (χ3v) is 6.41. The fraction of sp³-hybridized carbons (Fsp3) is 0.400. The van der Waals surface area contributed by atoms with Crippen molar-refractivity contribution in [3.05, 3.63) is 35.9 Å². The molecule has 0 radical (unpaired) electrons. The lowest BCUT2D eigenvalue weighted by atomic mass is 10.1. The molecule has 10 heteroatoms. The summed E-state index contributed by atoms with van der Waals surface area (Å²) >= 11 is 2.81. The van der Waals surface area contributed by atoms with Crippen LogP contribution in [0.3, 0.4) is 0 Å². The van der Waals surface area contributed by atoms with Gasteiger partial charge in [-0.1, -0.05) is 67.3 Å². The summed E-state index contributed by atoms with van der Waals surface area (Å²) in [6.45, 7) is 4.08. The predicted octanol–water partition coefficient (Wildman–Crippen LogP) is 2.61. The molecule has 0 bridgehead atoms. The molecule has 0 unspecified atom stereocenters. The van der Waals surface area contributed by atoms with Crippen molar-refractivity contribution in [2.75, 3.05) is 18.6 Å². The van der Waals surface area contributed by atoms with E-state index in [0.717, 1.165) is 14.9 Å². The molecule has 0 saturated heterocycles. The van der Waals surface area contributed by atoms with E-state index in [-0.39, 0.29) is 0 Å². The van der Waals surface area contributed by atoms with Gasteiger partial charge < -0.3 is 0 Å². The Balaban J connectivity index is 2.25. The standard InChI is InChI=1S/C15H20N4O3S3/c1-10(2)23-15-18-17-14(24-15)16-13(20)12(19(3)25(4,21)22)11-8-6-5-7-9-11/h5-10,12H,1-4H3,(H,16,17,20)/t12-/m0/s1. The molecule has 0 aliphatic rings. The number of likely N-dealkylation sites (N-methyl/N-ethyl adjacent to an activating group) is 1. The number of sulfonamides is 1. The molecule has 0 saturated carbocycles. The number of carbonyl (C=O) groups excluding carboxylic acids is 1. The Hall–Kier alpha value is -1.49. The Morgan fingerprint density at radius 3 is 2.44 bits per heavy atom. The molecule has 7 nitrogen and oxygen atoms in total. The van der Waals surface area contributed by atoms with Gasteiger partial charge in [-0.3, -0.25) is 10.1 Å². The van der Waals surface area contributed by atoms with Crippen molar-refractivity contribution in [1.29, 1.82) is 0 Å². The fourth-order valence-corrected chi connectivity index (χ4v) is 4.62. The molecule has 1 amide bonds. The Morgan fingerprint density at radius 1 is 1.24 bits per heavy atom. The quantitative estimate of drug-likeness (QED) is 0.567. The lowest BCUT2D eigenvalue weighted by Gasteiger charge is -2.25. The molecule has 1 N–H and O–H groups in total. The molecule has 2 rings (SSSR count). The van der Waals surface area contributed by atoms with E-state index in [2.05, 4.69) is 15.5 Å². The molecular weight excluding hydrogens is 380 g/mol. The summed E-state index contributed by atoms with van der Waals surface area (Å²) in [5, 5.41) is 11.3. The van der Waals surface area contributed by atoms with Crippen LogP contribution >= 0.6 is 23.1 Å². The fourth-order valence-electron chi connectivity index (χ4n) is 2.04. The van der Waals surface area contributed by atoms with Crippen molar-refractivity contribution in [3.63, 3.8) is 0 Å². The summed E-state index contributed by atoms with van der Waals surface area (Å²) in [5.41, 5.74) is 0.578. The van der Waals surface area contributed by atoms with Crippen molar-refractivity contribution >= 4 is 44.2 Å². The summed E-state index contributed by atoms with van der Waals surface area (Å²) < 4.78 is 25.7. The minimum atomic E-state index is -3.56. The molecule has 1 aromatic heterocycles. The maximum atomic E-state index is 12.7. The van der Waals surface area contributed by atoms with Gasteiger partial charge in [0.2, 0.25) is 21.1 Å². The molecule has 1 heterocycles. The minimum Gasteiger partial charge on any atom is -0.299 e. The molecule has 0 aliphatic heterocycles. The Morgan fingerprint density at radius 2 is 1.88 bits per heavy atom. The van der Waals surface area contributed by atoms with Crippen LogP contribution in [0.25, 0.3) is 0 Å². The third-order valence-electron chi connectivity index (χ3n) is 3.22. The Kier molecular flexibility index (Phi) is 6.55. The van der Waals surface area contributed by atoms with Gasteiger partial charge in [0.15, 0.2) is 4.34 Å². The molecule has 25 heavy (non-hydrogen) atoms. The molecule has 2 aromatic rings. The monoisotopic (exact) mass is 400 g/mol. The van der Waals surface area contributed by atoms with Gasteiger partial charge in [-0.2, -0.15) is 4.31 Å². The maximum absolute atomic E-state index is 12.7. The van der Waals surface area contributed by atoms with Gasteiger partial charge in [0.05, 0.1) is 6.26 Å². The first-order valence-corrected chi connectivity index (χ1v) is 11.0. The molecule has 0 aliphatic carbocycles. The Bertz CT molecular complexity index is 822. The molecule has 0 spiro atoms. The van der Waals surface area contributed by atoms with Crippen LogP contribution in [0.1, 0.15) is 25.5 Å². The zero-order chi connectivity index (χ0) is 18.6. The first-order chi connectivity index (χ1) is 11.7. The highest BCUT2D eigenvalue weighted by molar-refractivity contribution is 8.01. The first kappa shape index (κ1) is 19.8. The van der Waals surface area contributed by atoms with E-state index in [0.29, 0.717) is 15.9 Å². The van der Waals surface area contributed by atoms with Gasteiger partial charge in [0.25, 0.3) is 0 Å². The van der Waals surface area contributed by atoms with Crippen molar-refractivity contribution in [3.8, 4) is 0 Å². The van der Waals surface area contributed by atoms with Crippen LogP contribution in [0.2, 0.25) is 0 Å². The molecule has 136 valence electrons. The number of nitrogens with one attached hydrogen (secondary N) is 1. The molecule has 1 atom stereocenters. The van der Waals surface area contributed by atoms with E-state index >= 15 is 0 Å². The van der Waals surface area contributed by atoms with E-state index in [4.69, 9.17) is 0 Å². The topological polar surface area (TPSA) is 92.3 Å². The Labute approximate surface area is 155 Å². The van der Waals surface area contributed by atoms with E-state index in [1.165, 1.54) is 18.4 Å². The van der Waals surface area contributed by atoms with Crippen LogP contribution in [-0.4, -0.2) is 47.4 Å². The van der Waals surface area contributed by atoms with Gasteiger partial charge in [0, 0.05) is 12.3 Å². The molecule has 0 fully saturated rings. The van der Waals surface area contributed by atoms with Crippen LogP contribution in [0.4, 0.5) is 5.13 Å². The smallest absolute Gasteiger partial charge is 0.249 e. The lowest BCUT2D eigenvalue weighted by molar-refractivity contribution is -0.119. The average molecular weight is 401 g/mol. The zero-order valence-electron chi connectivity index (χ0n) is 14.3. The van der Waals surface area contributed by atoms with Crippen molar-refractivity contribution in [2.24, 2.45) is 0 Å². The number of anilines is 1. The summed E-state index contributed by atoms with van der Waals surface area (Å²) in [7, 11) is -2.18. The SMILES string of the molecule is CC(C)Sc1nnc(NC(=O)[C@H](c2ccccc2)N(C)S(C)(=O)=O)s1. The summed E-state index contributed by atoms with van der Waals surface area (Å²) in [4.78, 5) is 12.7. The number of hydrogen-bond acceptors (Lipinski definition) is 7. The highest BCUT2D eigenvalue weighted by Crippen LogP contribution is 2.30. The van der Waals surface area contributed by atoms with Crippen LogP contribution < -0.4 is 5.32 Å². The van der Waals surface area contributed by atoms with Gasteiger partial charge in [-0.05, 0) is 5.56 Å². The van der Waals surface area contributed by atoms with Crippen molar-refractivity contribution < 1.29 is 13.2 Å². The van der Waals surface area contributed by atoms with Crippen molar-refractivity contribution in [1.82, 2.24) is 14.5 Å². The van der Waals surface area contributed by atoms with Gasteiger partial charge >= 0.3 is 0 Å². The van der Waals surface area contributed by atoms with Gasteiger partial charge in [-0.15, -0.1) is 10.2 Å². The number of nitrogens with zero attached hydrogens (tertiary/aromatic N) is 3. The minimum absolute atomic E-state index is 0.344. The summed E-state index contributed by atoms with van der Waals surface area (Å²) in [6, 6.07) is 7.76. The van der Waals surface area contributed by atoms with Crippen LogP contribution in [0.5, 0.6) is 0 Å². The van der Waals surface area contributed by atoms with Crippen LogP contribution in [0.15, 0.2) is 34.7 Å². The summed E-state index contributed by atoms with van der Waals surface area (Å²) in [6.07, 6.45) is 1.07. The highest BCUT2D eigenvalue weighted by Gasteiger charge is 2.31. The normalized spacial score (nSPS) is 13.2. The van der Waals surface area contributed by atoms with E-state index in [1.807, 2.05) is 13.8 Å². The second kappa shape index (κ2) is 8.26. The van der Waals surface area contributed by atoms with Crippen LogP contribution in [0, 0.1) is 0 Å². The summed E-state index contributed by atoms with van der Waals surface area (Å²) in [5.74, 6) is -0.476. The van der Waals surface area contributed by atoms with E-state index < -0.39 is 22.0 Å². The van der Waals surface area contributed by atoms with Gasteiger partial charge in [0.1, 0.15) is 6.04 Å². The lowest BCUT2D eigenvalue weighted by Crippen LogP contribution is -2.38. The third kappa shape index (κ3) is 5.50. The largest absolute Gasteiger partial charge is 0.299 e. The van der Waals surface area contributed by atoms with Crippen molar-refractivity contribution in [2.45, 2.75) is 29.5 Å². The average Bonchev–Trinajstić information content (AvgIpc) is 2.93. The van der Waals surface area contributed by atoms with Gasteiger partial charge in [-0.25, -0.2) is 8.42 Å². The number of amides is 1. The second-order valence-corrected chi connectivity index (χ2v) is 10.5. The number of aromatic nitrogens is 2. The maximum Gasteiger partial charge on any atom is 0.249 e. The first-order valence-electron chi connectivity index (χ1n) is 7.47. The number of benzene rings is 1. The molecular formula is C15H20N4O3S3. The number of thioether (sulfide) groups is 1. The second-order valence-electron chi connectivity index (χ2n) is 5.62. The number of hydrogen-bond donors (Lipinski definition) is 1. The van der Waals surface area contributed by atoms with Crippen LogP contribution in [-0.2, 0) is 14.8 Å². The van der Waals surface area contributed by atoms with E-state index in [1.54, 1.807) is 42.1 Å². The highest BCUT2D eigenvalue weighted by atomic mass is 32.2. The predicted molar refractivity (Wildman–Crippen MR) is 101 cm³/mol. The number of carbonyl (C=O) groups is 1.